The van der Waals surface area contributed by atoms with Crippen LogP contribution in [-0.2, 0) is 9.59 Å². The lowest BCUT2D eigenvalue weighted by Crippen LogP contribution is -1.97. The molecule has 0 heterocycles. The van der Waals surface area contributed by atoms with Gasteiger partial charge in [-0.15, -0.1) is 0 Å². The molecule has 160 valence electrons. The Hall–Kier alpha value is -0.860. The Balaban J connectivity index is 3.12. The summed E-state index contributed by atoms with van der Waals surface area (Å²) in [5, 5.41) is 8.57. The van der Waals surface area contributed by atoms with Gasteiger partial charge in [-0.05, 0) is 19.3 Å². The fourth-order valence-electron chi connectivity index (χ4n) is 3.59. The molecule has 0 aliphatic heterocycles. The standard InChI is InChI=1S/C24H46O3/c1-2-3-4-14-17-20-23(25)21-18-15-12-10-8-6-5-7-9-11-13-16-19-22-24(26)27/h2-22H2,1H3,(H,26,27). The van der Waals surface area contributed by atoms with Gasteiger partial charge >= 0.3 is 5.97 Å². The van der Waals surface area contributed by atoms with Gasteiger partial charge in [-0.25, -0.2) is 0 Å². The number of hydrogen-bond donors (Lipinski definition) is 1. The first kappa shape index (κ1) is 26.1. The molecule has 0 rings (SSSR count). The van der Waals surface area contributed by atoms with Crippen molar-refractivity contribution in [1.29, 1.82) is 0 Å². The van der Waals surface area contributed by atoms with Gasteiger partial charge < -0.3 is 5.11 Å². The third-order valence-electron chi connectivity index (χ3n) is 5.41. The lowest BCUT2D eigenvalue weighted by molar-refractivity contribution is -0.137. The minimum Gasteiger partial charge on any atom is -0.481 e. The maximum Gasteiger partial charge on any atom is 0.303 e. The Morgan fingerprint density at radius 1 is 0.481 bits per heavy atom. The molecule has 3 nitrogen and oxygen atoms in total. The maximum atomic E-state index is 11.8. The van der Waals surface area contributed by atoms with Crippen LogP contribution in [-0.4, -0.2) is 16.9 Å². The fourth-order valence-corrected chi connectivity index (χ4v) is 3.59. The molecule has 0 radical (unpaired) electrons. The van der Waals surface area contributed by atoms with Crippen molar-refractivity contribution in [3.63, 3.8) is 0 Å². The van der Waals surface area contributed by atoms with Crippen LogP contribution in [0.1, 0.15) is 142 Å². The zero-order chi connectivity index (χ0) is 20.0. The van der Waals surface area contributed by atoms with Crippen LogP contribution in [0.25, 0.3) is 0 Å². The number of aliphatic carboxylic acids is 1. The van der Waals surface area contributed by atoms with Crippen LogP contribution in [0.5, 0.6) is 0 Å². The molecule has 27 heavy (non-hydrogen) atoms. The van der Waals surface area contributed by atoms with Gasteiger partial charge in [0.25, 0.3) is 0 Å². The number of carboxylic acids is 1. The Bertz CT molecular complexity index is 339. The van der Waals surface area contributed by atoms with Gasteiger partial charge in [-0.3, -0.25) is 9.59 Å². The van der Waals surface area contributed by atoms with Crippen molar-refractivity contribution in [2.45, 2.75) is 142 Å². The summed E-state index contributed by atoms with van der Waals surface area (Å²) >= 11 is 0. The van der Waals surface area contributed by atoms with Gasteiger partial charge in [0.05, 0.1) is 0 Å². The molecule has 0 unspecified atom stereocenters. The van der Waals surface area contributed by atoms with E-state index in [9.17, 15) is 9.59 Å². The second-order valence-electron chi connectivity index (χ2n) is 8.19. The summed E-state index contributed by atoms with van der Waals surface area (Å²) in [5.41, 5.74) is 0. The predicted octanol–water partition coefficient (Wildman–Crippen LogP) is 7.85. The summed E-state index contributed by atoms with van der Waals surface area (Å²) in [6.45, 7) is 2.22. The molecule has 1 N–H and O–H groups in total. The fraction of sp³-hybridized carbons (Fsp3) is 0.917. The minimum absolute atomic E-state index is 0.327. The molecule has 0 aliphatic rings. The van der Waals surface area contributed by atoms with Crippen LogP contribution in [0, 0.1) is 0 Å². The summed E-state index contributed by atoms with van der Waals surface area (Å²) in [6.07, 6.45) is 24.0. The number of carbonyl (C=O) groups excluding carboxylic acids is 1. The van der Waals surface area contributed by atoms with E-state index in [4.69, 9.17) is 5.11 Å². The van der Waals surface area contributed by atoms with E-state index in [1.165, 1.54) is 89.9 Å². The molecule has 0 aromatic heterocycles. The molecule has 0 atom stereocenters. The highest BCUT2D eigenvalue weighted by Crippen LogP contribution is 2.14. The van der Waals surface area contributed by atoms with Crippen LogP contribution < -0.4 is 0 Å². The quantitative estimate of drug-likeness (QED) is 0.194. The van der Waals surface area contributed by atoms with Crippen LogP contribution in [0.3, 0.4) is 0 Å². The van der Waals surface area contributed by atoms with Crippen LogP contribution in [0.15, 0.2) is 0 Å². The maximum absolute atomic E-state index is 11.8. The Kier molecular flexibility index (Phi) is 20.8. The molecule has 0 spiro atoms. The molecule has 0 saturated heterocycles. The van der Waals surface area contributed by atoms with Crippen molar-refractivity contribution in [2.75, 3.05) is 0 Å². The van der Waals surface area contributed by atoms with E-state index in [2.05, 4.69) is 6.92 Å². The van der Waals surface area contributed by atoms with Crippen molar-refractivity contribution < 1.29 is 14.7 Å². The van der Waals surface area contributed by atoms with Gasteiger partial charge in [-0.2, -0.15) is 0 Å². The number of carboxylic acid groups (broad SMARTS) is 1. The molecule has 0 aliphatic carbocycles. The smallest absolute Gasteiger partial charge is 0.303 e. The highest BCUT2D eigenvalue weighted by Gasteiger charge is 2.02. The van der Waals surface area contributed by atoms with E-state index < -0.39 is 5.97 Å². The van der Waals surface area contributed by atoms with Gasteiger partial charge in [0.15, 0.2) is 0 Å². The molecule has 0 aromatic rings. The second kappa shape index (κ2) is 21.4. The number of ketones is 1. The third kappa shape index (κ3) is 23.1. The monoisotopic (exact) mass is 382 g/mol. The summed E-state index contributed by atoms with van der Waals surface area (Å²) in [6, 6.07) is 0. The van der Waals surface area contributed by atoms with E-state index in [0.29, 0.717) is 12.2 Å². The Morgan fingerprint density at radius 3 is 1.11 bits per heavy atom. The summed E-state index contributed by atoms with van der Waals surface area (Å²) in [7, 11) is 0. The van der Waals surface area contributed by atoms with Crippen molar-refractivity contribution in [1.82, 2.24) is 0 Å². The SMILES string of the molecule is CCCCCCCC(=O)CCCCCCCCCCCCCCCC(=O)O. The van der Waals surface area contributed by atoms with Gasteiger partial charge in [0.1, 0.15) is 5.78 Å². The molecule has 0 saturated carbocycles. The van der Waals surface area contributed by atoms with Crippen LogP contribution >= 0.6 is 0 Å². The van der Waals surface area contributed by atoms with E-state index in [1.54, 1.807) is 0 Å². The second-order valence-corrected chi connectivity index (χ2v) is 8.19. The number of Topliss-reactive ketones (excluding diaryl/α,β-unsaturated/α-hetero) is 1. The first-order chi connectivity index (χ1) is 13.2. The van der Waals surface area contributed by atoms with Crippen LogP contribution in [0.2, 0.25) is 0 Å². The van der Waals surface area contributed by atoms with Gasteiger partial charge in [-0.1, -0.05) is 103 Å². The lowest BCUT2D eigenvalue weighted by atomic mass is 10.0. The molecular weight excluding hydrogens is 336 g/mol. The average molecular weight is 383 g/mol. The first-order valence-electron chi connectivity index (χ1n) is 11.9. The molecular formula is C24H46O3. The Morgan fingerprint density at radius 2 is 0.778 bits per heavy atom. The zero-order valence-electron chi connectivity index (χ0n) is 18.1. The van der Waals surface area contributed by atoms with Gasteiger partial charge in [0, 0.05) is 19.3 Å². The Labute approximate surface area is 168 Å². The number of hydrogen-bond acceptors (Lipinski definition) is 2. The topological polar surface area (TPSA) is 54.4 Å². The largest absolute Gasteiger partial charge is 0.481 e. The number of unbranched alkanes of at least 4 members (excludes halogenated alkanes) is 16. The van der Waals surface area contributed by atoms with Crippen molar-refractivity contribution >= 4 is 11.8 Å². The lowest BCUT2D eigenvalue weighted by Gasteiger charge is -2.04. The molecule has 3 heteroatoms. The predicted molar refractivity (Wildman–Crippen MR) is 115 cm³/mol. The number of rotatable bonds is 22. The summed E-state index contributed by atoms with van der Waals surface area (Å²) < 4.78 is 0. The highest BCUT2D eigenvalue weighted by molar-refractivity contribution is 5.78. The van der Waals surface area contributed by atoms with E-state index in [-0.39, 0.29) is 0 Å². The van der Waals surface area contributed by atoms with Crippen molar-refractivity contribution in [2.24, 2.45) is 0 Å². The van der Waals surface area contributed by atoms with E-state index >= 15 is 0 Å². The summed E-state index contributed by atoms with van der Waals surface area (Å²) in [5.74, 6) is -0.186. The van der Waals surface area contributed by atoms with Crippen molar-refractivity contribution in [3.8, 4) is 0 Å². The van der Waals surface area contributed by atoms with Crippen LogP contribution in [0.4, 0.5) is 0 Å². The number of carbonyl (C=O) groups is 2. The first-order valence-corrected chi connectivity index (χ1v) is 11.9. The van der Waals surface area contributed by atoms with E-state index in [1.807, 2.05) is 0 Å². The summed E-state index contributed by atoms with van der Waals surface area (Å²) in [4.78, 5) is 22.2. The molecule has 0 bridgehead atoms. The third-order valence-corrected chi connectivity index (χ3v) is 5.41. The average Bonchev–Trinajstić information content (AvgIpc) is 2.64. The minimum atomic E-state index is -0.667. The molecule has 0 aromatic carbocycles. The highest BCUT2D eigenvalue weighted by atomic mass is 16.4. The van der Waals surface area contributed by atoms with Crippen molar-refractivity contribution in [3.05, 3.63) is 0 Å². The van der Waals surface area contributed by atoms with Gasteiger partial charge in [0.2, 0.25) is 0 Å². The molecule has 0 fully saturated rings. The molecule has 0 amide bonds. The van der Waals surface area contributed by atoms with E-state index in [0.717, 1.165) is 38.5 Å². The zero-order valence-corrected chi connectivity index (χ0v) is 18.1. The normalized spacial score (nSPS) is 11.0.